The molecule has 0 bridgehead atoms. The zero-order valence-corrected chi connectivity index (χ0v) is 12.8. The van der Waals surface area contributed by atoms with E-state index in [1.54, 1.807) is 6.92 Å². The van der Waals surface area contributed by atoms with E-state index in [4.69, 9.17) is 5.11 Å². The lowest BCUT2D eigenvalue weighted by atomic mass is 10.1. The average Bonchev–Trinajstić information content (AvgIpc) is 2.30. The molecule has 1 rings (SSSR count). The van der Waals surface area contributed by atoms with E-state index in [1.807, 2.05) is 18.2 Å². The highest BCUT2D eigenvalue weighted by Crippen LogP contribution is 2.30. The summed E-state index contributed by atoms with van der Waals surface area (Å²) in [6.07, 6.45) is 0.223. The lowest BCUT2D eigenvalue weighted by molar-refractivity contribution is 0.199. The highest BCUT2D eigenvalue weighted by atomic mass is 79.9. The van der Waals surface area contributed by atoms with Crippen LogP contribution in [0.4, 0.5) is 5.69 Å². The molecule has 0 fully saturated rings. The molecule has 3 nitrogen and oxygen atoms in total. The van der Waals surface area contributed by atoms with Crippen molar-refractivity contribution in [3.8, 4) is 0 Å². The molecule has 0 saturated heterocycles. The number of anilines is 1. The summed E-state index contributed by atoms with van der Waals surface area (Å²) < 4.78 is 0.966. The molecule has 1 aromatic rings. The van der Waals surface area contributed by atoms with Crippen LogP contribution in [0.15, 0.2) is 22.7 Å². The summed E-state index contributed by atoms with van der Waals surface area (Å²) >= 11 is 3.43. The quantitative estimate of drug-likeness (QED) is 0.847. The molecule has 102 valence electrons. The standard InChI is InChI=1S/C14H22BrNO2/c1-10(2)16(7-4-8-17)14-6-5-12(15)9-13(14)11(3)18/h5-6,9-11,17-18H,4,7-8H2,1-3H3. The van der Waals surface area contributed by atoms with Gasteiger partial charge in [0, 0.05) is 34.9 Å². The minimum Gasteiger partial charge on any atom is -0.396 e. The summed E-state index contributed by atoms with van der Waals surface area (Å²) in [7, 11) is 0. The normalized spacial score (nSPS) is 12.8. The smallest absolute Gasteiger partial charge is 0.0782 e. The van der Waals surface area contributed by atoms with Crippen LogP contribution in [0.2, 0.25) is 0 Å². The molecule has 1 aromatic carbocycles. The number of halogens is 1. The Hall–Kier alpha value is -0.580. The fraction of sp³-hybridized carbons (Fsp3) is 0.571. The van der Waals surface area contributed by atoms with Gasteiger partial charge in [0.2, 0.25) is 0 Å². The molecular weight excluding hydrogens is 294 g/mol. The van der Waals surface area contributed by atoms with E-state index < -0.39 is 6.10 Å². The number of hydrogen-bond acceptors (Lipinski definition) is 3. The van der Waals surface area contributed by atoms with Gasteiger partial charge in [0.05, 0.1) is 6.10 Å². The van der Waals surface area contributed by atoms with Gasteiger partial charge < -0.3 is 15.1 Å². The van der Waals surface area contributed by atoms with Gasteiger partial charge in [-0.2, -0.15) is 0 Å². The van der Waals surface area contributed by atoms with Gasteiger partial charge in [0.1, 0.15) is 0 Å². The Bertz CT molecular complexity index is 380. The van der Waals surface area contributed by atoms with Crippen LogP contribution in [0.25, 0.3) is 0 Å². The summed E-state index contributed by atoms with van der Waals surface area (Å²) in [5.41, 5.74) is 1.95. The summed E-state index contributed by atoms with van der Waals surface area (Å²) in [6, 6.07) is 6.28. The molecule has 18 heavy (non-hydrogen) atoms. The van der Waals surface area contributed by atoms with Gasteiger partial charge >= 0.3 is 0 Å². The van der Waals surface area contributed by atoms with Gasteiger partial charge in [-0.3, -0.25) is 0 Å². The van der Waals surface area contributed by atoms with E-state index >= 15 is 0 Å². The number of benzene rings is 1. The number of hydrogen-bond donors (Lipinski definition) is 2. The Morgan fingerprint density at radius 3 is 2.44 bits per heavy atom. The molecular formula is C14H22BrNO2. The molecule has 1 unspecified atom stereocenters. The Morgan fingerprint density at radius 2 is 1.94 bits per heavy atom. The molecule has 0 heterocycles. The fourth-order valence-electron chi connectivity index (χ4n) is 2.02. The third-order valence-corrected chi connectivity index (χ3v) is 3.42. The van der Waals surface area contributed by atoms with Crippen molar-refractivity contribution in [3.63, 3.8) is 0 Å². The van der Waals surface area contributed by atoms with Crippen LogP contribution in [-0.4, -0.2) is 29.4 Å². The highest BCUT2D eigenvalue weighted by Gasteiger charge is 2.16. The molecule has 0 aromatic heterocycles. The van der Waals surface area contributed by atoms with Crippen molar-refractivity contribution in [1.29, 1.82) is 0 Å². The van der Waals surface area contributed by atoms with Crippen LogP contribution < -0.4 is 4.90 Å². The summed E-state index contributed by atoms with van der Waals surface area (Å²) in [5.74, 6) is 0. The minimum absolute atomic E-state index is 0.184. The molecule has 0 saturated carbocycles. The van der Waals surface area contributed by atoms with E-state index in [0.29, 0.717) is 6.04 Å². The van der Waals surface area contributed by atoms with Crippen LogP contribution in [0.3, 0.4) is 0 Å². The van der Waals surface area contributed by atoms with Crippen LogP contribution >= 0.6 is 15.9 Å². The maximum atomic E-state index is 9.89. The van der Waals surface area contributed by atoms with E-state index in [0.717, 1.165) is 28.7 Å². The molecule has 0 amide bonds. The maximum absolute atomic E-state index is 9.89. The topological polar surface area (TPSA) is 43.7 Å². The molecule has 0 aliphatic heterocycles. The molecule has 1 atom stereocenters. The van der Waals surface area contributed by atoms with Crippen molar-refractivity contribution in [3.05, 3.63) is 28.2 Å². The summed E-state index contributed by atoms with van der Waals surface area (Å²) in [6.45, 7) is 6.98. The van der Waals surface area contributed by atoms with Crippen LogP contribution in [0.5, 0.6) is 0 Å². The first kappa shape index (κ1) is 15.5. The molecule has 0 aliphatic carbocycles. The maximum Gasteiger partial charge on any atom is 0.0782 e. The lowest BCUT2D eigenvalue weighted by Gasteiger charge is -2.31. The number of aliphatic hydroxyl groups is 2. The van der Waals surface area contributed by atoms with Gasteiger partial charge in [0.25, 0.3) is 0 Å². The Kier molecular flexibility index (Phi) is 6.12. The molecule has 0 spiro atoms. The second-order valence-electron chi connectivity index (χ2n) is 4.74. The monoisotopic (exact) mass is 315 g/mol. The molecule has 0 radical (unpaired) electrons. The number of aliphatic hydroxyl groups excluding tert-OH is 2. The van der Waals surface area contributed by atoms with Crippen molar-refractivity contribution in [2.24, 2.45) is 0 Å². The van der Waals surface area contributed by atoms with Crippen molar-refractivity contribution >= 4 is 21.6 Å². The van der Waals surface area contributed by atoms with Gasteiger partial charge in [0.15, 0.2) is 0 Å². The van der Waals surface area contributed by atoms with E-state index in [-0.39, 0.29) is 6.61 Å². The number of nitrogens with zero attached hydrogens (tertiary/aromatic N) is 1. The second-order valence-corrected chi connectivity index (χ2v) is 5.66. The number of rotatable bonds is 6. The van der Waals surface area contributed by atoms with Crippen LogP contribution in [-0.2, 0) is 0 Å². The highest BCUT2D eigenvalue weighted by molar-refractivity contribution is 9.10. The van der Waals surface area contributed by atoms with Crippen LogP contribution in [0, 0.1) is 0 Å². The second kappa shape index (κ2) is 7.12. The molecule has 0 aliphatic rings. The zero-order chi connectivity index (χ0) is 13.7. The van der Waals surface area contributed by atoms with Crippen molar-refractivity contribution in [2.75, 3.05) is 18.1 Å². The largest absolute Gasteiger partial charge is 0.396 e. The average molecular weight is 316 g/mol. The Labute approximate surface area is 118 Å². The lowest BCUT2D eigenvalue weighted by Crippen LogP contribution is -2.33. The third kappa shape index (κ3) is 3.97. The minimum atomic E-state index is -0.507. The van der Waals surface area contributed by atoms with Gasteiger partial charge in [-0.1, -0.05) is 15.9 Å². The molecule has 2 N–H and O–H groups in total. The Balaban J connectivity index is 3.10. The van der Waals surface area contributed by atoms with Crippen molar-refractivity contribution in [2.45, 2.75) is 39.3 Å². The van der Waals surface area contributed by atoms with Gasteiger partial charge in [-0.25, -0.2) is 0 Å². The van der Waals surface area contributed by atoms with Gasteiger partial charge in [-0.15, -0.1) is 0 Å². The zero-order valence-electron chi connectivity index (χ0n) is 11.2. The predicted octanol–water partition coefficient (Wildman–Crippen LogP) is 3.10. The Morgan fingerprint density at radius 1 is 1.28 bits per heavy atom. The molecule has 4 heteroatoms. The van der Waals surface area contributed by atoms with E-state index in [1.165, 1.54) is 0 Å². The SMILES string of the molecule is CC(O)c1cc(Br)ccc1N(CCCO)C(C)C. The van der Waals surface area contributed by atoms with Gasteiger partial charge in [-0.05, 0) is 45.4 Å². The van der Waals surface area contributed by atoms with Crippen LogP contribution in [0.1, 0.15) is 38.9 Å². The van der Waals surface area contributed by atoms with E-state index in [2.05, 4.69) is 34.7 Å². The first-order valence-electron chi connectivity index (χ1n) is 6.32. The first-order valence-corrected chi connectivity index (χ1v) is 7.11. The fourth-order valence-corrected chi connectivity index (χ4v) is 2.40. The van der Waals surface area contributed by atoms with Crippen molar-refractivity contribution in [1.82, 2.24) is 0 Å². The first-order chi connectivity index (χ1) is 8.47. The summed E-state index contributed by atoms with van der Waals surface area (Å²) in [4.78, 5) is 2.21. The summed E-state index contributed by atoms with van der Waals surface area (Å²) in [5, 5.41) is 18.9. The van der Waals surface area contributed by atoms with E-state index in [9.17, 15) is 5.11 Å². The third-order valence-electron chi connectivity index (χ3n) is 2.93. The van der Waals surface area contributed by atoms with Crippen molar-refractivity contribution < 1.29 is 10.2 Å². The predicted molar refractivity (Wildman–Crippen MR) is 79.0 cm³/mol.